The Labute approximate surface area is 132 Å². The van der Waals surface area contributed by atoms with Gasteiger partial charge in [0.15, 0.2) is 0 Å². The van der Waals surface area contributed by atoms with Gasteiger partial charge in [0, 0.05) is 12.4 Å². The third kappa shape index (κ3) is 4.99. The zero-order valence-electron chi connectivity index (χ0n) is 12.0. The predicted molar refractivity (Wildman–Crippen MR) is 82.9 cm³/mol. The molecule has 2 N–H and O–H groups in total. The van der Waals surface area contributed by atoms with Gasteiger partial charge in [-0.25, -0.2) is 9.18 Å². The van der Waals surface area contributed by atoms with Crippen LogP contribution in [0.15, 0.2) is 18.2 Å². The highest BCUT2D eigenvalue weighted by atomic mass is 32.2. The van der Waals surface area contributed by atoms with E-state index < -0.39 is 11.8 Å². The van der Waals surface area contributed by atoms with Crippen LogP contribution in [-0.2, 0) is 9.53 Å². The van der Waals surface area contributed by atoms with Crippen molar-refractivity contribution in [3.8, 4) is 0 Å². The number of hydrogen-bond acceptors (Lipinski definition) is 4. The van der Waals surface area contributed by atoms with Gasteiger partial charge in [0.25, 0.3) is 0 Å². The molecule has 0 aromatic heterocycles. The molecule has 2 rings (SSSR count). The maximum Gasteiger partial charge on any atom is 0.335 e. The molecule has 0 aliphatic carbocycles. The summed E-state index contributed by atoms with van der Waals surface area (Å²) >= 11 is 1.45. The van der Waals surface area contributed by atoms with E-state index in [1.165, 1.54) is 23.9 Å². The third-order valence-electron chi connectivity index (χ3n) is 3.30. The highest BCUT2D eigenvalue weighted by Gasteiger charge is 2.15. The number of carboxylic acid groups (broad SMARTS) is 1. The smallest absolute Gasteiger partial charge is 0.335 e. The molecule has 0 saturated carbocycles. The molecule has 1 aliphatic rings. The molecule has 5 nitrogen and oxygen atoms in total. The molecule has 1 heterocycles. The van der Waals surface area contributed by atoms with Crippen molar-refractivity contribution in [2.24, 2.45) is 0 Å². The van der Waals surface area contributed by atoms with Gasteiger partial charge >= 0.3 is 5.97 Å². The molecule has 1 atom stereocenters. The summed E-state index contributed by atoms with van der Waals surface area (Å²) in [6, 6.07) is 3.40. The lowest BCUT2D eigenvalue weighted by molar-refractivity contribution is -0.113. The Hall–Kier alpha value is -1.60. The van der Waals surface area contributed by atoms with E-state index in [1.807, 2.05) is 0 Å². The van der Waals surface area contributed by atoms with Crippen LogP contribution < -0.4 is 5.32 Å². The summed E-state index contributed by atoms with van der Waals surface area (Å²) in [4.78, 5) is 22.5. The molecule has 7 heteroatoms. The summed E-state index contributed by atoms with van der Waals surface area (Å²) in [6.45, 7) is 0.776. The topological polar surface area (TPSA) is 75.6 Å². The maximum absolute atomic E-state index is 13.7. The first kappa shape index (κ1) is 16.8. The Bertz CT molecular complexity index is 546. The van der Waals surface area contributed by atoms with Gasteiger partial charge in [-0.15, -0.1) is 11.8 Å². The number of rotatable bonds is 6. The lowest BCUT2D eigenvalue weighted by Gasteiger charge is -2.21. The quantitative estimate of drug-likeness (QED) is 0.840. The summed E-state index contributed by atoms with van der Waals surface area (Å²) in [7, 11) is 0. The van der Waals surface area contributed by atoms with E-state index in [0.29, 0.717) is 0 Å². The fourth-order valence-electron chi connectivity index (χ4n) is 2.16. The summed E-state index contributed by atoms with van der Waals surface area (Å²) in [5.74, 6) is -1.33. The number of ether oxygens (including phenoxy) is 1. The average molecular weight is 327 g/mol. The molecule has 22 heavy (non-hydrogen) atoms. The third-order valence-corrected chi connectivity index (χ3v) is 4.37. The molecular weight excluding hydrogens is 309 g/mol. The molecule has 1 fully saturated rings. The van der Waals surface area contributed by atoms with Crippen molar-refractivity contribution in [1.29, 1.82) is 0 Å². The number of thioether (sulfide) groups is 1. The number of carboxylic acids is 1. The minimum atomic E-state index is -1.21. The van der Waals surface area contributed by atoms with E-state index in [9.17, 15) is 14.0 Å². The Kier molecular flexibility index (Phi) is 6.21. The summed E-state index contributed by atoms with van der Waals surface area (Å²) in [6.07, 6.45) is 3.45. The molecule has 0 spiro atoms. The Morgan fingerprint density at radius 2 is 2.23 bits per heavy atom. The number of anilines is 1. The number of hydrogen-bond donors (Lipinski definition) is 2. The second-order valence-corrected chi connectivity index (χ2v) is 6.08. The van der Waals surface area contributed by atoms with E-state index in [1.54, 1.807) is 0 Å². The van der Waals surface area contributed by atoms with Crippen LogP contribution in [0.2, 0.25) is 0 Å². The highest BCUT2D eigenvalue weighted by molar-refractivity contribution is 8.00. The first-order valence-electron chi connectivity index (χ1n) is 7.08. The fourth-order valence-corrected chi connectivity index (χ4v) is 3.06. The van der Waals surface area contributed by atoms with Crippen molar-refractivity contribution >= 4 is 29.3 Å². The van der Waals surface area contributed by atoms with Crippen molar-refractivity contribution < 1.29 is 23.8 Å². The predicted octanol–water partition coefficient (Wildman–Crippen LogP) is 2.76. The van der Waals surface area contributed by atoms with Gasteiger partial charge in [0.05, 0.1) is 23.1 Å². The van der Waals surface area contributed by atoms with E-state index in [0.717, 1.165) is 37.7 Å². The lowest BCUT2D eigenvalue weighted by atomic mass is 10.1. The SMILES string of the molecule is O=C(CSCC1CCCCO1)Nc1ccc(C(=O)O)cc1F. The molecule has 0 bridgehead atoms. The normalized spacial score (nSPS) is 18.0. The van der Waals surface area contributed by atoms with Crippen molar-refractivity contribution in [2.75, 3.05) is 23.4 Å². The highest BCUT2D eigenvalue weighted by Crippen LogP contribution is 2.19. The molecule has 0 radical (unpaired) electrons. The minimum Gasteiger partial charge on any atom is -0.478 e. The molecule has 1 aliphatic heterocycles. The zero-order valence-corrected chi connectivity index (χ0v) is 12.8. The van der Waals surface area contributed by atoms with Crippen LogP contribution >= 0.6 is 11.8 Å². The first-order valence-corrected chi connectivity index (χ1v) is 8.24. The molecule has 1 unspecified atom stereocenters. The number of carbonyl (C=O) groups is 2. The zero-order chi connectivity index (χ0) is 15.9. The summed E-state index contributed by atoms with van der Waals surface area (Å²) in [5.41, 5.74) is -0.163. The van der Waals surface area contributed by atoms with Crippen molar-refractivity contribution in [2.45, 2.75) is 25.4 Å². The van der Waals surface area contributed by atoms with Crippen LogP contribution in [0.3, 0.4) is 0 Å². The van der Waals surface area contributed by atoms with Gasteiger partial charge < -0.3 is 15.2 Å². The molecule has 1 aromatic carbocycles. The number of aromatic carboxylic acids is 1. The van der Waals surface area contributed by atoms with Gasteiger partial charge in [-0.05, 0) is 37.5 Å². The lowest BCUT2D eigenvalue weighted by Crippen LogP contribution is -2.23. The van der Waals surface area contributed by atoms with Gasteiger partial charge in [-0.3, -0.25) is 4.79 Å². The minimum absolute atomic E-state index is 0.00971. The number of benzene rings is 1. The molecule has 1 amide bonds. The van der Waals surface area contributed by atoms with E-state index in [4.69, 9.17) is 9.84 Å². The van der Waals surface area contributed by atoms with Crippen LogP contribution in [0.5, 0.6) is 0 Å². The Morgan fingerprint density at radius 3 is 2.86 bits per heavy atom. The van der Waals surface area contributed by atoms with Gasteiger partial charge in [0.1, 0.15) is 5.82 Å². The number of halogens is 1. The van der Waals surface area contributed by atoms with E-state index >= 15 is 0 Å². The second kappa shape index (κ2) is 8.14. The molecule has 1 aromatic rings. The van der Waals surface area contributed by atoms with Crippen molar-refractivity contribution in [3.63, 3.8) is 0 Å². The number of nitrogens with one attached hydrogen (secondary N) is 1. The van der Waals surface area contributed by atoms with Gasteiger partial charge in [-0.1, -0.05) is 0 Å². The van der Waals surface area contributed by atoms with Crippen LogP contribution in [-0.4, -0.2) is 41.2 Å². The Balaban J connectivity index is 1.77. The second-order valence-electron chi connectivity index (χ2n) is 5.05. The average Bonchev–Trinajstić information content (AvgIpc) is 2.50. The monoisotopic (exact) mass is 327 g/mol. The Morgan fingerprint density at radius 1 is 1.41 bits per heavy atom. The number of carbonyl (C=O) groups excluding carboxylic acids is 1. The number of amides is 1. The van der Waals surface area contributed by atoms with Crippen LogP contribution in [0.4, 0.5) is 10.1 Å². The van der Waals surface area contributed by atoms with E-state index in [2.05, 4.69) is 5.32 Å². The van der Waals surface area contributed by atoms with E-state index in [-0.39, 0.29) is 29.0 Å². The fraction of sp³-hybridized carbons (Fsp3) is 0.467. The summed E-state index contributed by atoms with van der Waals surface area (Å²) in [5, 5.41) is 11.2. The van der Waals surface area contributed by atoms with Crippen LogP contribution in [0, 0.1) is 5.82 Å². The van der Waals surface area contributed by atoms with Gasteiger partial charge in [-0.2, -0.15) is 0 Å². The van der Waals surface area contributed by atoms with Crippen LogP contribution in [0.25, 0.3) is 0 Å². The van der Waals surface area contributed by atoms with Gasteiger partial charge in [0.2, 0.25) is 5.91 Å². The van der Waals surface area contributed by atoms with Crippen molar-refractivity contribution in [1.82, 2.24) is 0 Å². The molecular formula is C15H18FNO4S. The summed E-state index contributed by atoms with van der Waals surface area (Å²) < 4.78 is 19.2. The largest absolute Gasteiger partial charge is 0.478 e. The van der Waals surface area contributed by atoms with Crippen LogP contribution in [0.1, 0.15) is 29.6 Å². The molecule has 120 valence electrons. The molecule has 1 saturated heterocycles. The first-order chi connectivity index (χ1) is 10.6. The standard InChI is InChI=1S/C15H18FNO4S/c16-12-7-10(15(19)20)4-5-13(12)17-14(18)9-22-8-11-3-1-2-6-21-11/h4-5,7,11H,1-3,6,8-9H2,(H,17,18)(H,19,20). The van der Waals surface area contributed by atoms with Crippen molar-refractivity contribution in [3.05, 3.63) is 29.6 Å². The maximum atomic E-state index is 13.7.